The SMILES string of the molecule is NC(Cc1c[nH]c2ccccc12)C(=O)NC(Cc1cnc[nH]1)C(=O)NC(Cc1ccccc1)C(=O)NC(Cc1cnc[nH]1)C(=O)O. The number of carbonyl (C=O) groups is 4. The van der Waals surface area contributed by atoms with Gasteiger partial charge in [-0.3, -0.25) is 14.4 Å². The number of imidazole rings is 2. The van der Waals surface area contributed by atoms with Gasteiger partial charge in [0.15, 0.2) is 0 Å². The minimum atomic E-state index is -1.29. The fourth-order valence-corrected chi connectivity index (χ4v) is 5.15. The summed E-state index contributed by atoms with van der Waals surface area (Å²) in [6, 6.07) is 12.1. The molecule has 5 aromatic rings. The van der Waals surface area contributed by atoms with Crippen molar-refractivity contribution in [1.29, 1.82) is 0 Å². The number of fused-ring (bicyclic) bond motifs is 1. The molecule has 5 rings (SSSR count). The number of rotatable bonds is 15. The van der Waals surface area contributed by atoms with Crippen LogP contribution in [0.5, 0.6) is 0 Å². The van der Waals surface area contributed by atoms with Crippen molar-refractivity contribution < 1.29 is 24.3 Å². The van der Waals surface area contributed by atoms with Gasteiger partial charge in [0, 0.05) is 60.1 Å². The zero-order valence-electron chi connectivity index (χ0n) is 24.8. The molecule has 0 fully saturated rings. The Morgan fingerprint density at radius 2 is 1.26 bits per heavy atom. The Morgan fingerprint density at radius 1 is 0.696 bits per heavy atom. The van der Waals surface area contributed by atoms with Gasteiger partial charge in [-0.1, -0.05) is 48.5 Å². The molecule has 3 aromatic heterocycles. The van der Waals surface area contributed by atoms with Crippen LogP contribution in [0.15, 0.2) is 85.8 Å². The van der Waals surface area contributed by atoms with Crippen molar-refractivity contribution in [3.63, 3.8) is 0 Å². The van der Waals surface area contributed by atoms with Crippen LogP contribution in [0.3, 0.4) is 0 Å². The molecule has 3 amide bonds. The van der Waals surface area contributed by atoms with Crippen molar-refractivity contribution in [3.05, 3.63) is 108 Å². The third kappa shape index (κ3) is 8.24. The Kier molecular flexibility index (Phi) is 10.2. The number of aromatic amines is 3. The van der Waals surface area contributed by atoms with E-state index < -0.39 is 47.9 Å². The van der Waals surface area contributed by atoms with Crippen LogP contribution in [0, 0.1) is 0 Å². The fourth-order valence-electron chi connectivity index (χ4n) is 5.15. The number of aliphatic carboxylic acids is 1. The van der Waals surface area contributed by atoms with Crippen molar-refractivity contribution in [2.45, 2.75) is 49.9 Å². The van der Waals surface area contributed by atoms with Crippen LogP contribution in [-0.2, 0) is 44.9 Å². The maximum Gasteiger partial charge on any atom is 0.326 e. The summed E-state index contributed by atoms with van der Waals surface area (Å²) < 4.78 is 0. The third-order valence-corrected chi connectivity index (χ3v) is 7.57. The minimum Gasteiger partial charge on any atom is -0.480 e. The maximum absolute atomic E-state index is 13.8. The van der Waals surface area contributed by atoms with Gasteiger partial charge >= 0.3 is 5.97 Å². The minimum absolute atomic E-state index is 0.0363. The van der Waals surface area contributed by atoms with Gasteiger partial charge in [0.2, 0.25) is 17.7 Å². The predicted molar refractivity (Wildman–Crippen MR) is 168 cm³/mol. The molecule has 0 aliphatic heterocycles. The number of nitrogens with one attached hydrogen (secondary N) is 6. The molecule has 0 radical (unpaired) electrons. The topological polar surface area (TPSA) is 224 Å². The van der Waals surface area contributed by atoms with Gasteiger partial charge in [-0.15, -0.1) is 0 Å². The molecular weight excluding hydrogens is 590 g/mol. The lowest BCUT2D eigenvalue weighted by atomic mass is 10.0. The highest BCUT2D eigenvalue weighted by molar-refractivity contribution is 5.94. The molecule has 4 unspecified atom stereocenters. The van der Waals surface area contributed by atoms with E-state index in [9.17, 15) is 24.3 Å². The Morgan fingerprint density at radius 3 is 1.89 bits per heavy atom. The average molecular weight is 626 g/mol. The van der Waals surface area contributed by atoms with Crippen molar-refractivity contribution in [2.75, 3.05) is 0 Å². The van der Waals surface area contributed by atoms with Crippen molar-refractivity contribution in [3.8, 4) is 0 Å². The van der Waals surface area contributed by atoms with Crippen LogP contribution in [0.25, 0.3) is 10.9 Å². The second kappa shape index (κ2) is 14.8. The lowest BCUT2D eigenvalue weighted by Crippen LogP contribution is -2.58. The van der Waals surface area contributed by atoms with Crippen LogP contribution in [0.4, 0.5) is 0 Å². The van der Waals surface area contributed by atoms with Gasteiger partial charge in [-0.05, 0) is 23.6 Å². The van der Waals surface area contributed by atoms with Crippen molar-refractivity contribution >= 4 is 34.6 Å². The number of aromatic nitrogens is 5. The molecule has 14 nitrogen and oxygen atoms in total. The predicted octanol–water partition coefficient (Wildman–Crippen LogP) is 0.751. The first-order valence-electron chi connectivity index (χ1n) is 14.7. The average Bonchev–Trinajstić information content (AvgIpc) is 3.84. The first-order chi connectivity index (χ1) is 22.3. The third-order valence-electron chi connectivity index (χ3n) is 7.57. The molecule has 4 atom stereocenters. The lowest BCUT2D eigenvalue weighted by Gasteiger charge is -2.25. The van der Waals surface area contributed by atoms with E-state index in [0.29, 0.717) is 11.4 Å². The van der Waals surface area contributed by atoms with Crippen LogP contribution >= 0.6 is 0 Å². The monoisotopic (exact) mass is 625 g/mol. The number of nitrogens with zero attached hydrogens (tertiary/aromatic N) is 2. The van der Waals surface area contributed by atoms with Gasteiger partial charge in [0.05, 0.1) is 18.7 Å². The van der Waals surface area contributed by atoms with Gasteiger partial charge in [0.25, 0.3) is 0 Å². The number of H-pyrrole nitrogens is 3. The Hall–Kier alpha value is -5.76. The molecule has 238 valence electrons. The highest BCUT2D eigenvalue weighted by Gasteiger charge is 2.31. The summed E-state index contributed by atoms with van der Waals surface area (Å²) in [6.07, 6.45) is 7.95. The summed E-state index contributed by atoms with van der Waals surface area (Å²) >= 11 is 0. The van der Waals surface area contributed by atoms with Crippen LogP contribution in [-0.4, -0.2) is 77.9 Å². The number of carboxylic acid groups (broad SMARTS) is 1. The number of hydrogen-bond acceptors (Lipinski definition) is 7. The molecule has 14 heteroatoms. The van der Waals surface area contributed by atoms with E-state index in [-0.39, 0.29) is 25.7 Å². The molecule has 0 spiro atoms. The maximum atomic E-state index is 13.8. The second-order valence-electron chi connectivity index (χ2n) is 10.9. The quantitative estimate of drug-likeness (QED) is 0.0827. The molecule has 3 heterocycles. The number of nitrogens with two attached hydrogens (primary N) is 1. The number of para-hydroxylation sites is 1. The fraction of sp³-hybridized carbons (Fsp3) is 0.250. The summed E-state index contributed by atoms with van der Waals surface area (Å²) in [5.74, 6) is -3.16. The Bertz CT molecular complexity index is 1750. The molecule has 0 saturated carbocycles. The van der Waals surface area contributed by atoms with Gasteiger partial charge in [-0.25, -0.2) is 14.8 Å². The number of benzene rings is 2. The standard InChI is InChI=1S/C32H35N9O5/c33-24(11-20-14-36-25-9-5-4-8-23(20)25)29(42)39-27(12-21-15-34-17-37-21)31(44)40-26(10-19-6-2-1-3-7-19)30(43)41-28(32(45)46)13-22-16-35-18-38-22/h1-9,14-18,24,26-28,36H,10-13,33H2,(H,34,37)(H,35,38)(H,39,42)(H,40,44)(H,41,43)(H,45,46). The van der Waals surface area contributed by atoms with Crippen molar-refractivity contribution in [2.24, 2.45) is 5.73 Å². The van der Waals surface area contributed by atoms with E-state index in [2.05, 4.69) is 40.9 Å². The summed E-state index contributed by atoms with van der Waals surface area (Å²) in [5.41, 5.74) is 9.90. The van der Waals surface area contributed by atoms with E-state index in [1.807, 2.05) is 30.3 Å². The molecule has 9 N–H and O–H groups in total. The van der Waals surface area contributed by atoms with Crippen LogP contribution in [0.2, 0.25) is 0 Å². The zero-order valence-corrected chi connectivity index (χ0v) is 24.8. The molecule has 0 saturated heterocycles. The Balaban J connectivity index is 1.32. The van der Waals surface area contributed by atoms with Crippen LogP contribution in [0.1, 0.15) is 22.5 Å². The summed E-state index contributed by atoms with van der Waals surface area (Å²) in [7, 11) is 0. The molecule has 0 aliphatic carbocycles. The van der Waals surface area contributed by atoms with E-state index in [4.69, 9.17) is 5.73 Å². The summed E-state index contributed by atoms with van der Waals surface area (Å²) in [4.78, 5) is 69.5. The van der Waals surface area contributed by atoms with Crippen LogP contribution < -0.4 is 21.7 Å². The molecule has 0 bridgehead atoms. The van der Waals surface area contributed by atoms with E-state index in [0.717, 1.165) is 22.0 Å². The number of carboxylic acids is 1. The zero-order chi connectivity index (χ0) is 32.5. The smallest absolute Gasteiger partial charge is 0.326 e. The van der Waals surface area contributed by atoms with Gasteiger partial charge < -0.3 is 41.7 Å². The molecule has 46 heavy (non-hydrogen) atoms. The normalized spacial score (nSPS) is 13.8. The van der Waals surface area contributed by atoms with Gasteiger partial charge in [-0.2, -0.15) is 0 Å². The summed E-state index contributed by atoms with van der Waals surface area (Å²) in [5, 5.41) is 18.8. The highest BCUT2D eigenvalue weighted by Crippen LogP contribution is 2.19. The largest absolute Gasteiger partial charge is 0.480 e. The number of carbonyl (C=O) groups excluding carboxylic acids is 3. The molecular formula is C32H35N9O5. The van der Waals surface area contributed by atoms with E-state index in [1.54, 1.807) is 30.5 Å². The first kappa shape index (κ1) is 31.7. The van der Waals surface area contributed by atoms with Crippen molar-refractivity contribution in [1.82, 2.24) is 40.9 Å². The summed E-state index contributed by atoms with van der Waals surface area (Å²) in [6.45, 7) is 0. The molecule has 0 aliphatic rings. The Labute approximate surface area is 263 Å². The number of hydrogen-bond donors (Lipinski definition) is 8. The highest BCUT2D eigenvalue weighted by atomic mass is 16.4. The van der Waals surface area contributed by atoms with E-state index in [1.165, 1.54) is 25.0 Å². The first-order valence-corrected chi connectivity index (χ1v) is 14.7. The van der Waals surface area contributed by atoms with E-state index >= 15 is 0 Å². The molecule has 2 aromatic carbocycles. The lowest BCUT2D eigenvalue weighted by molar-refractivity contribution is -0.142. The van der Waals surface area contributed by atoms with Gasteiger partial charge in [0.1, 0.15) is 18.1 Å². The number of amides is 3. The second-order valence-corrected chi connectivity index (χ2v) is 10.9.